The van der Waals surface area contributed by atoms with Gasteiger partial charge in [0.1, 0.15) is 36.4 Å². The molecule has 1 N–H and O–H groups in total. The van der Waals surface area contributed by atoms with E-state index in [4.69, 9.17) is 9.47 Å². The maximum atomic E-state index is 14.5. The van der Waals surface area contributed by atoms with Gasteiger partial charge in [0.15, 0.2) is 0 Å². The summed E-state index contributed by atoms with van der Waals surface area (Å²) < 4.78 is 11.0. The van der Waals surface area contributed by atoms with Crippen LogP contribution < -0.4 is 5.32 Å². The van der Waals surface area contributed by atoms with E-state index in [1.807, 2.05) is 88.4 Å². The Labute approximate surface area is 298 Å². The Morgan fingerprint density at radius 1 is 0.640 bits per heavy atom. The van der Waals surface area contributed by atoms with Crippen LogP contribution >= 0.6 is 0 Å². The highest BCUT2D eigenvalue weighted by molar-refractivity contribution is 5.95. The van der Waals surface area contributed by atoms with Gasteiger partial charge in [0.25, 0.3) is 0 Å². The van der Waals surface area contributed by atoms with Gasteiger partial charge in [-0.2, -0.15) is 0 Å². The third-order valence-corrected chi connectivity index (χ3v) is 8.49. The number of amides is 4. The van der Waals surface area contributed by atoms with E-state index >= 15 is 0 Å². The van der Waals surface area contributed by atoms with Crippen molar-refractivity contribution < 1.29 is 33.4 Å². The van der Waals surface area contributed by atoms with Crippen molar-refractivity contribution in [3.8, 4) is 0 Å². The average molecular weight is 695 g/mol. The van der Waals surface area contributed by atoms with Gasteiger partial charge in [-0.25, -0.2) is 9.59 Å². The summed E-state index contributed by atoms with van der Waals surface area (Å²) in [5, 5.41) is 2.69. The van der Waals surface area contributed by atoms with Crippen molar-refractivity contribution >= 4 is 29.8 Å². The van der Waals surface area contributed by atoms with Gasteiger partial charge in [0, 0.05) is 27.6 Å². The zero-order valence-corrected chi connectivity index (χ0v) is 31.9. The first-order valence-corrected chi connectivity index (χ1v) is 17.3. The fourth-order valence-electron chi connectivity index (χ4n) is 5.86. The number of hydrogen-bond acceptors (Lipinski definition) is 7. The molecule has 0 aliphatic carbocycles. The van der Waals surface area contributed by atoms with E-state index in [1.165, 1.54) is 21.7 Å². The van der Waals surface area contributed by atoms with Gasteiger partial charge in [0.05, 0.1) is 0 Å². The highest BCUT2D eigenvalue weighted by Gasteiger charge is 2.42. The summed E-state index contributed by atoms with van der Waals surface area (Å²) in [5.74, 6) is -2.84. The third kappa shape index (κ3) is 11.9. The molecule has 0 aliphatic rings. The van der Waals surface area contributed by atoms with Gasteiger partial charge in [-0.3, -0.25) is 14.4 Å². The Morgan fingerprint density at radius 3 is 1.58 bits per heavy atom. The number of carbonyl (C=O) groups excluding carboxylic acids is 5. The molecular weight excluding hydrogens is 636 g/mol. The van der Waals surface area contributed by atoms with E-state index in [-0.39, 0.29) is 30.8 Å². The number of nitrogens with one attached hydrogen (secondary N) is 1. The highest BCUT2D eigenvalue weighted by atomic mass is 16.6. The fraction of sp³-hybridized carbons (Fsp3) is 0.564. The largest absolute Gasteiger partial charge is 0.459 e. The number of likely N-dealkylation sites (N-methyl/N-ethyl adjacent to an activating group) is 3. The maximum absolute atomic E-state index is 14.5. The van der Waals surface area contributed by atoms with Crippen LogP contribution in [0.15, 0.2) is 60.7 Å². The molecule has 0 saturated carbocycles. The van der Waals surface area contributed by atoms with Crippen molar-refractivity contribution in [2.45, 2.75) is 105 Å². The molecule has 11 heteroatoms. The van der Waals surface area contributed by atoms with E-state index in [1.54, 1.807) is 48.7 Å². The van der Waals surface area contributed by atoms with Crippen LogP contribution in [0.1, 0.15) is 73.4 Å². The quantitative estimate of drug-likeness (QED) is 0.251. The zero-order chi connectivity index (χ0) is 37.9. The number of hydrogen-bond donors (Lipinski definition) is 1. The first-order chi connectivity index (χ1) is 23.3. The number of alkyl carbamates (subject to hydrolysis) is 1. The summed E-state index contributed by atoms with van der Waals surface area (Å²) >= 11 is 0. The van der Waals surface area contributed by atoms with Crippen molar-refractivity contribution in [1.82, 2.24) is 20.0 Å². The minimum atomic E-state index is -1.02. The van der Waals surface area contributed by atoms with Gasteiger partial charge in [-0.05, 0) is 49.7 Å². The zero-order valence-electron chi connectivity index (χ0n) is 31.9. The van der Waals surface area contributed by atoms with E-state index in [9.17, 15) is 24.0 Å². The minimum absolute atomic E-state index is 0.0681. The van der Waals surface area contributed by atoms with Gasteiger partial charge in [-0.15, -0.1) is 0 Å². The first-order valence-electron chi connectivity index (χ1n) is 17.3. The molecule has 0 aliphatic heterocycles. The lowest BCUT2D eigenvalue weighted by atomic mass is 9.95. The summed E-state index contributed by atoms with van der Waals surface area (Å²) in [6, 6.07) is 14.7. The van der Waals surface area contributed by atoms with Gasteiger partial charge < -0.3 is 29.5 Å². The Morgan fingerprint density at radius 2 is 1.12 bits per heavy atom. The number of rotatable bonds is 15. The van der Waals surface area contributed by atoms with Crippen LogP contribution in [0.4, 0.5) is 4.79 Å². The number of nitrogens with zero attached hydrogens (tertiary/aromatic N) is 3. The predicted octanol–water partition coefficient (Wildman–Crippen LogP) is 5.31. The second-order valence-corrected chi connectivity index (χ2v) is 14.9. The Balaban J connectivity index is 2.42. The minimum Gasteiger partial charge on any atom is -0.459 e. The highest BCUT2D eigenvalue weighted by Crippen LogP contribution is 2.22. The molecule has 0 heterocycles. The molecule has 50 heavy (non-hydrogen) atoms. The molecule has 4 atom stereocenters. The van der Waals surface area contributed by atoms with Crippen LogP contribution in [0.2, 0.25) is 0 Å². The molecular formula is C39H58N4O7. The molecule has 0 spiro atoms. The molecule has 0 bridgehead atoms. The lowest BCUT2D eigenvalue weighted by molar-refractivity contribution is -0.161. The third-order valence-electron chi connectivity index (χ3n) is 8.49. The molecule has 4 amide bonds. The number of carbonyl (C=O) groups is 5. The summed E-state index contributed by atoms with van der Waals surface area (Å²) in [6.07, 6.45) is -0.574. The van der Waals surface area contributed by atoms with E-state index in [2.05, 4.69) is 5.32 Å². The summed E-state index contributed by atoms with van der Waals surface area (Å²) in [4.78, 5) is 73.0. The van der Waals surface area contributed by atoms with Gasteiger partial charge in [-0.1, -0.05) is 102 Å². The van der Waals surface area contributed by atoms with Crippen LogP contribution in [-0.4, -0.2) is 95.4 Å². The summed E-state index contributed by atoms with van der Waals surface area (Å²) in [6.45, 7) is 16.2. The molecule has 276 valence electrons. The van der Waals surface area contributed by atoms with Gasteiger partial charge in [0.2, 0.25) is 17.7 Å². The number of benzene rings is 2. The molecule has 2 aromatic rings. The van der Waals surface area contributed by atoms with Crippen LogP contribution in [0.25, 0.3) is 0 Å². The monoisotopic (exact) mass is 694 g/mol. The van der Waals surface area contributed by atoms with E-state index in [0.717, 1.165) is 11.1 Å². The lowest BCUT2D eigenvalue weighted by Crippen LogP contribution is -2.61. The first kappa shape index (κ1) is 41.8. The molecule has 0 aromatic heterocycles. The summed E-state index contributed by atoms with van der Waals surface area (Å²) in [5.41, 5.74) is 0.867. The SMILES string of the molecule is CC(C)C(NC(=O)OC(C)(C)C)C(=O)N(C)C(Cc1ccccc1)C(=O)N(C)C(C(=O)N(C)C(C(=O)OCc1ccccc1)C(C)C)C(C)C. The molecule has 0 fully saturated rings. The van der Waals surface area contributed by atoms with E-state index < -0.39 is 59.6 Å². The van der Waals surface area contributed by atoms with Crippen molar-refractivity contribution in [3.63, 3.8) is 0 Å². The van der Waals surface area contributed by atoms with Crippen molar-refractivity contribution in [1.29, 1.82) is 0 Å². The summed E-state index contributed by atoms with van der Waals surface area (Å²) in [7, 11) is 4.63. The smallest absolute Gasteiger partial charge is 0.408 e. The maximum Gasteiger partial charge on any atom is 0.408 e. The van der Waals surface area contributed by atoms with Crippen molar-refractivity contribution in [3.05, 3.63) is 71.8 Å². The average Bonchev–Trinajstić information content (AvgIpc) is 3.03. The predicted molar refractivity (Wildman–Crippen MR) is 194 cm³/mol. The molecule has 2 rings (SSSR count). The molecule has 0 saturated heterocycles. The van der Waals surface area contributed by atoms with Crippen molar-refractivity contribution in [2.24, 2.45) is 17.8 Å². The topological polar surface area (TPSA) is 126 Å². The number of ether oxygens (including phenoxy) is 2. The normalized spacial score (nSPS) is 14.0. The van der Waals surface area contributed by atoms with Crippen molar-refractivity contribution in [2.75, 3.05) is 21.1 Å². The standard InChI is InChI=1S/C39H58N4O7/c1-25(2)31(40-38(48)50-39(7,8)9)35(45)41(10)30(23-28-19-15-13-16-20-28)34(44)42(11)32(26(3)4)36(46)43(12)33(27(5)6)37(47)49-24-29-21-17-14-18-22-29/h13-22,25-27,30-33H,23-24H2,1-12H3,(H,40,48). The molecule has 4 unspecified atom stereocenters. The molecule has 11 nitrogen and oxygen atoms in total. The van der Waals surface area contributed by atoms with Crippen LogP contribution in [0.3, 0.4) is 0 Å². The van der Waals surface area contributed by atoms with Crippen LogP contribution in [0, 0.1) is 17.8 Å². The second kappa shape index (κ2) is 18.5. The Hall–Kier alpha value is -4.41. The molecule has 2 aromatic carbocycles. The Bertz CT molecular complexity index is 1420. The van der Waals surface area contributed by atoms with Crippen LogP contribution in [-0.2, 0) is 41.7 Å². The second-order valence-electron chi connectivity index (χ2n) is 14.9. The lowest BCUT2D eigenvalue weighted by Gasteiger charge is -2.40. The van der Waals surface area contributed by atoms with E-state index in [0.29, 0.717) is 0 Å². The fourth-order valence-corrected chi connectivity index (χ4v) is 5.86. The van der Waals surface area contributed by atoms with Gasteiger partial charge >= 0.3 is 12.1 Å². The van der Waals surface area contributed by atoms with Crippen LogP contribution in [0.5, 0.6) is 0 Å². The molecule has 0 radical (unpaired) electrons. The number of esters is 1. The Kier molecular flexibility index (Phi) is 15.5.